The highest BCUT2D eigenvalue weighted by Crippen LogP contribution is 2.31. The van der Waals surface area contributed by atoms with E-state index >= 15 is 0 Å². The molecule has 4 N–H and O–H groups in total. The zero-order valence-corrected chi connectivity index (χ0v) is 11.9. The fourth-order valence-corrected chi connectivity index (χ4v) is 2.82. The Hall–Kier alpha value is -1.95. The maximum Gasteiger partial charge on any atom is 0.338 e. The van der Waals surface area contributed by atoms with Gasteiger partial charge in [0.05, 0.1) is 11.1 Å². The van der Waals surface area contributed by atoms with Gasteiger partial charge in [-0.25, -0.2) is 9.18 Å². The third-order valence-corrected chi connectivity index (χ3v) is 3.94. The minimum Gasteiger partial charge on any atom is -0.478 e. The van der Waals surface area contributed by atoms with E-state index in [1.807, 2.05) is 0 Å². The Kier molecular flexibility index (Phi) is 4.27. The van der Waals surface area contributed by atoms with Crippen LogP contribution < -0.4 is 11.1 Å². The molecular weight excluding hydrogens is 275 g/mol. The molecule has 0 radical (unpaired) electrons. The number of halogens is 1. The lowest BCUT2D eigenvalue weighted by Crippen LogP contribution is -2.53. The molecule has 2 atom stereocenters. The van der Waals surface area contributed by atoms with E-state index in [1.54, 1.807) is 0 Å². The molecule has 0 aromatic heterocycles. The number of nitrogens with one attached hydrogen (secondary N) is 1. The molecule has 1 aliphatic carbocycles. The van der Waals surface area contributed by atoms with Crippen LogP contribution in [0, 0.1) is 11.7 Å². The van der Waals surface area contributed by atoms with Gasteiger partial charge in [0.2, 0.25) is 5.91 Å². The van der Waals surface area contributed by atoms with Crippen LogP contribution in [0.5, 0.6) is 0 Å². The summed E-state index contributed by atoms with van der Waals surface area (Å²) in [7, 11) is 0. The number of benzene rings is 1. The van der Waals surface area contributed by atoms with Gasteiger partial charge in [0, 0.05) is 5.69 Å². The number of amides is 1. The molecule has 1 amide bonds. The van der Waals surface area contributed by atoms with Crippen molar-refractivity contribution in [3.8, 4) is 0 Å². The molecule has 2 unspecified atom stereocenters. The van der Waals surface area contributed by atoms with Crippen molar-refractivity contribution in [3.63, 3.8) is 0 Å². The molecule has 1 aromatic carbocycles. The van der Waals surface area contributed by atoms with Crippen LogP contribution in [-0.2, 0) is 4.79 Å². The van der Waals surface area contributed by atoms with Crippen molar-refractivity contribution in [2.45, 2.75) is 38.1 Å². The lowest BCUT2D eigenvalue weighted by atomic mass is 9.76. The molecule has 0 saturated heterocycles. The molecule has 1 aliphatic rings. The standard InChI is InChI=1S/C15H19FN2O3/c1-9-3-2-6-15(17,8-9)14(21)18-10-4-5-11(13(19)20)12(16)7-10/h4-5,7,9H,2-3,6,8,17H2,1H3,(H,18,21)(H,19,20). The van der Waals surface area contributed by atoms with E-state index in [2.05, 4.69) is 12.2 Å². The van der Waals surface area contributed by atoms with Gasteiger partial charge >= 0.3 is 5.97 Å². The van der Waals surface area contributed by atoms with Crippen molar-refractivity contribution in [1.29, 1.82) is 0 Å². The van der Waals surface area contributed by atoms with Crippen molar-refractivity contribution in [2.24, 2.45) is 11.7 Å². The van der Waals surface area contributed by atoms with E-state index < -0.39 is 22.9 Å². The quantitative estimate of drug-likeness (QED) is 0.798. The number of rotatable bonds is 3. The van der Waals surface area contributed by atoms with Gasteiger partial charge in [-0.1, -0.05) is 19.8 Å². The number of carbonyl (C=O) groups is 2. The van der Waals surface area contributed by atoms with Crippen LogP contribution in [0.25, 0.3) is 0 Å². The Morgan fingerprint density at radius 1 is 1.48 bits per heavy atom. The highest BCUT2D eigenvalue weighted by atomic mass is 19.1. The molecule has 114 valence electrons. The molecule has 0 bridgehead atoms. The van der Waals surface area contributed by atoms with E-state index in [1.165, 1.54) is 6.07 Å². The van der Waals surface area contributed by atoms with E-state index in [4.69, 9.17) is 10.8 Å². The predicted octanol–water partition coefficient (Wildman–Crippen LogP) is 2.37. The number of carboxylic acid groups (broad SMARTS) is 1. The molecule has 0 spiro atoms. The van der Waals surface area contributed by atoms with Gasteiger partial charge in [-0.3, -0.25) is 4.79 Å². The SMILES string of the molecule is CC1CCCC(N)(C(=O)Nc2ccc(C(=O)O)c(F)c2)C1. The maximum absolute atomic E-state index is 13.6. The van der Waals surface area contributed by atoms with Gasteiger partial charge in [-0.2, -0.15) is 0 Å². The third kappa shape index (κ3) is 3.39. The summed E-state index contributed by atoms with van der Waals surface area (Å²) < 4.78 is 13.6. The number of carboxylic acids is 1. The van der Waals surface area contributed by atoms with Gasteiger partial charge in [0.15, 0.2) is 0 Å². The monoisotopic (exact) mass is 294 g/mol. The summed E-state index contributed by atoms with van der Waals surface area (Å²) in [4.78, 5) is 23.0. The smallest absolute Gasteiger partial charge is 0.338 e. The molecule has 6 heteroatoms. The molecular formula is C15H19FN2O3. The second-order valence-corrected chi connectivity index (χ2v) is 5.81. The summed E-state index contributed by atoms with van der Waals surface area (Å²) in [6.45, 7) is 2.05. The Balaban J connectivity index is 2.12. The van der Waals surface area contributed by atoms with Crippen LogP contribution in [0.15, 0.2) is 18.2 Å². The molecule has 5 nitrogen and oxygen atoms in total. The Labute approximate surface area is 122 Å². The Morgan fingerprint density at radius 3 is 2.76 bits per heavy atom. The molecule has 1 fully saturated rings. The molecule has 1 aromatic rings. The zero-order chi connectivity index (χ0) is 15.6. The van der Waals surface area contributed by atoms with Crippen molar-refractivity contribution in [2.75, 3.05) is 5.32 Å². The maximum atomic E-state index is 13.6. The van der Waals surface area contributed by atoms with Crippen molar-refractivity contribution >= 4 is 17.6 Å². The Bertz CT molecular complexity index is 576. The summed E-state index contributed by atoms with van der Waals surface area (Å²) >= 11 is 0. The fraction of sp³-hybridized carbons (Fsp3) is 0.467. The molecule has 0 aliphatic heterocycles. The Morgan fingerprint density at radius 2 is 2.19 bits per heavy atom. The number of anilines is 1. The van der Waals surface area contributed by atoms with Gasteiger partial charge in [-0.05, 0) is 37.0 Å². The van der Waals surface area contributed by atoms with E-state index in [-0.39, 0.29) is 11.6 Å². The van der Waals surface area contributed by atoms with Crippen LogP contribution >= 0.6 is 0 Å². The summed E-state index contributed by atoms with van der Waals surface area (Å²) in [5, 5.41) is 11.3. The highest BCUT2D eigenvalue weighted by molar-refractivity contribution is 5.98. The normalized spacial score (nSPS) is 25.4. The number of nitrogens with two attached hydrogens (primary N) is 1. The second kappa shape index (κ2) is 5.81. The topological polar surface area (TPSA) is 92.4 Å². The zero-order valence-electron chi connectivity index (χ0n) is 11.9. The van der Waals surface area contributed by atoms with Crippen molar-refractivity contribution < 1.29 is 19.1 Å². The first kappa shape index (κ1) is 15.4. The van der Waals surface area contributed by atoms with Crippen molar-refractivity contribution in [1.82, 2.24) is 0 Å². The van der Waals surface area contributed by atoms with Crippen LogP contribution in [0.3, 0.4) is 0 Å². The summed E-state index contributed by atoms with van der Waals surface area (Å²) in [6, 6.07) is 3.48. The second-order valence-electron chi connectivity index (χ2n) is 5.81. The average Bonchev–Trinajstić information content (AvgIpc) is 2.37. The van der Waals surface area contributed by atoms with Gasteiger partial charge in [0.1, 0.15) is 5.82 Å². The van der Waals surface area contributed by atoms with E-state index in [0.29, 0.717) is 18.8 Å². The first-order valence-corrected chi connectivity index (χ1v) is 6.95. The number of aromatic carboxylic acids is 1. The summed E-state index contributed by atoms with van der Waals surface area (Å²) in [6.07, 6.45) is 3.12. The first-order chi connectivity index (χ1) is 9.82. The fourth-order valence-electron chi connectivity index (χ4n) is 2.82. The lowest BCUT2D eigenvalue weighted by Gasteiger charge is -2.35. The van der Waals surface area contributed by atoms with E-state index in [0.717, 1.165) is 25.0 Å². The number of hydrogen-bond acceptors (Lipinski definition) is 3. The minimum atomic E-state index is -1.35. The minimum absolute atomic E-state index is 0.213. The van der Waals surface area contributed by atoms with Crippen molar-refractivity contribution in [3.05, 3.63) is 29.6 Å². The summed E-state index contributed by atoms with van der Waals surface area (Å²) in [5.74, 6) is -2.21. The largest absolute Gasteiger partial charge is 0.478 e. The third-order valence-electron chi connectivity index (χ3n) is 3.94. The van der Waals surface area contributed by atoms with Gasteiger partial charge in [-0.15, -0.1) is 0 Å². The molecule has 1 saturated carbocycles. The number of carbonyl (C=O) groups excluding carboxylic acids is 1. The lowest BCUT2D eigenvalue weighted by molar-refractivity contribution is -0.122. The van der Waals surface area contributed by atoms with E-state index in [9.17, 15) is 14.0 Å². The first-order valence-electron chi connectivity index (χ1n) is 6.95. The van der Waals surface area contributed by atoms with Gasteiger partial charge in [0.25, 0.3) is 0 Å². The molecule has 21 heavy (non-hydrogen) atoms. The molecule has 0 heterocycles. The van der Waals surface area contributed by atoms with Crippen LogP contribution in [0.1, 0.15) is 43.0 Å². The molecule has 2 rings (SSSR count). The van der Waals surface area contributed by atoms with Crippen LogP contribution in [0.2, 0.25) is 0 Å². The highest BCUT2D eigenvalue weighted by Gasteiger charge is 2.38. The van der Waals surface area contributed by atoms with Gasteiger partial charge < -0.3 is 16.2 Å². The number of hydrogen-bond donors (Lipinski definition) is 3. The van der Waals surface area contributed by atoms with Crippen LogP contribution in [-0.4, -0.2) is 22.5 Å². The average molecular weight is 294 g/mol. The summed E-state index contributed by atoms with van der Waals surface area (Å²) in [5.41, 5.74) is 5.00. The van der Waals surface area contributed by atoms with Crippen LogP contribution in [0.4, 0.5) is 10.1 Å². The predicted molar refractivity (Wildman–Crippen MR) is 76.5 cm³/mol.